The number of carbonyl (C=O) groups is 1. The van der Waals surface area contributed by atoms with Gasteiger partial charge in [0, 0.05) is 19.0 Å². The fourth-order valence-corrected chi connectivity index (χ4v) is 2.95. The summed E-state index contributed by atoms with van der Waals surface area (Å²) in [5.41, 5.74) is 0.995. The summed E-state index contributed by atoms with van der Waals surface area (Å²) in [4.78, 5) is 14.6. The molecule has 1 fully saturated rings. The first-order valence-electron chi connectivity index (χ1n) is 7.93. The summed E-state index contributed by atoms with van der Waals surface area (Å²) in [6.07, 6.45) is 1.66. The number of fused-ring (bicyclic) bond motifs is 1. The van der Waals surface area contributed by atoms with Crippen LogP contribution in [-0.4, -0.2) is 47.4 Å². The highest BCUT2D eigenvalue weighted by Crippen LogP contribution is 2.30. The van der Waals surface area contributed by atoms with Crippen molar-refractivity contribution in [1.29, 1.82) is 0 Å². The van der Waals surface area contributed by atoms with Crippen LogP contribution >= 0.6 is 0 Å². The van der Waals surface area contributed by atoms with Gasteiger partial charge in [0.1, 0.15) is 24.2 Å². The Bertz CT molecular complexity index is 848. The van der Waals surface area contributed by atoms with E-state index in [2.05, 4.69) is 10.2 Å². The van der Waals surface area contributed by atoms with Gasteiger partial charge in [-0.25, -0.2) is 4.39 Å². The van der Waals surface area contributed by atoms with Gasteiger partial charge >= 0.3 is 0 Å². The molecule has 4 rings (SSSR count). The second-order valence-electron chi connectivity index (χ2n) is 5.89. The SMILES string of the molecule is Cc1nnc([C@H]2COCCN2C(=O)C2=Cc3cc(F)ccc3OC2)o1. The Morgan fingerprint density at radius 1 is 1.36 bits per heavy atom. The molecule has 0 spiro atoms. The zero-order valence-corrected chi connectivity index (χ0v) is 13.6. The van der Waals surface area contributed by atoms with Crippen LogP contribution in [0.2, 0.25) is 0 Å². The topological polar surface area (TPSA) is 77.7 Å². The zero-order valence-electron chi connectivity index (χ0n) is 13.6. The van der Waals surface area contributed by atoms with Crippen molar-refractivity contribution in [3.8, 4) is 5.75 Å². The number of benzene rings is 1. The number of carbonyl (C=O) groups excluding carboxylic acids is 1. The summed E-state index contributed by atoms with van der Waals surface area (Å²) in [7, 11) is 0. The van der Waals surface area contributed by atoms with Crippen molar-refractivity contribution in [2.45, 2.75) is 13.0 Å². The molecule has 1 aromatic heterocycles. The quantitative estimate of drug-likeness (QED) is 0.827. The smallest absolute Gasteiger partial charge is 0.254 e. The van der Waals surface area contributed by atoms with Crippen molar-refractivity contribution < 1.29 is 23.1 Å². The lowest BCUT2D eigenvalue weighted by Gasteiger charge is -2.34. The molecule has 2 aliphatic heterocycles. The number of hydrogen-bond donors (Lipinski definition) is 0. The van der Waals surface area contributed by atoms with Gasteiger partial charge in [0.2, 0.25) is 11.8 Å². The molecule has 3 heterocycles. The van der Waals surface area contributed by atoms with Crippen LogP contribution < -0.4 is 4.74 Å². The van der Waals surface area contributed by atoms with E-state index in [0.717, 1.165) is 0 Å². The van der Waals surface area contributed by atoms with Crippen molar-refractivity contribution in [1.82, 2.24) is 15.1 Å². The van der Waals surface area contributed by atoms with Crippen LogP contribution in [0.3, 0.4) is 0 Å². The van der Waals surface area contributed by atoms with E-state index >= 15 is 0 Å². The molecule has 1 atom stereocenters. The molecule has 1 aromatic carbocycles. The van der Waals surface area contributed by atoms with Crippen LogP contribution in [0, 0.1) is 12.7 Å². The monoisotopic (exact) mass is 345 g/mol. The van der Waals surface area contributed by atoms with Gasteiger partial charge in [-0.3, -0.25) is 4.79 Å². The minimum atomic E-state index is -0.447. The molecule has 0 unspecified atom stereocenters. The van der Waals surface area contributed by atoms with Gasteiger partial charge in [0.05, 0.1) is 18.8 Å². The lowest BCUT2D eigenvalue weighted by atomic mass is 10.1. The summed E-state index contributed by atoms with van der Waals surface area (Å²) < 4.78 is 30.0. The van der Waals surface area contributed by atoms with E-state index in [9.17, 15) is 9.18 Å². The highest BCUT2D eigenvalue weighted by molar-refractivity contribution is 5.99. The van der Waals surface area contributed by atoms with Crippen LogP contribution in [0.25, 0.3) is 6.08 Å². The van der Waals surface area contributed by atoms with Crippen LogP contribution in [0.15, 0.2) is 28.2 Å². The number of aryl methyl sites for hydroxylation is 1. The Morgan fingerprint density at radius 3 is 3.04 bits per heavy atom. The molecule has 0 bridgehead atoms. The molecule has 0 N–H and O–H groups in total. The van der Waals surface area contributed by atoms with Gasteiger partial charge in [-0.05, 0) is 24.3 Å². The number of morpholine rings is 1. The second-order valence-corrected chi connectivity index (χ2v) is 5.89. The lowest BCUT2D eigenvalue weighted by Crippen LogP contribution is -2.45. The maximum Gasteiger partial charge on any atom is 0.254 e. The minimum absolute atomic E-state index is 0.129. The number of amides is 1. The third kappa shape index (κ3) is 3.00. The maximum atomic E-state index is 13.4. The predicted octanol–water partition coefficient (Wildman–Crippen LogP) is 1.89. The molecule has 7 nitrogen and oxygen atoms in total. The number of halogens is 1. The Kier molecular flexibility index (Phi) is 3.96. The molecule has 0 aliphatic carbocycles. The van der Waals surface area contributed by atoms with Gasteiger partial charge in [-0.15, -0.1) is 10.2 Å². The summed E-state index contributed by atoms with van der Waals surface area (Å²) in [5.74, 6) is 0.743. The molecule has 8 heteroatoms. The first-order chi connectivity index (χ1) is 12.1. The first kappa shape index (κ1) is 15.8. The third-order valence-electron chi connectivity index (χ3n) is 4.18. The standard InChI is InChI=1S/C17H16FN3O4/c1-10-19-20-16(25-10)14-9-23-5-4-21(14)17(22)12-6-11-7-13(18)2-3-15(11)24-8-12/h2-3,6-7,14H,4-5,8-9H2,1H3/t14-/m1/s1. The number of aromatic nitrogens is 2. The summed E-state index contributed by atoms with van der Waals surface area (Å²) >= 11 is 0. The maximum absolute atomic E-state index is 13.4. The van der Waals surface area contributed by atoms with Crippen molar-refractivity contribution >= 4 is 12.0 Å². The van der Waals surface area contributed by atoms with Crippen molar-refractivity contribution in [3.63, 3.8) is 0 Å². The largest absolute Gasteiger partial charge is 0.488 e. The molecule has 25 heavy (non-hydrogen) atoms. The van der Waals surface area contributed by atoms with E-state index < -0.39 is 6.04 Å². The number of hydrogen-bond acceptors (Lipinski definition) is 6. The van der Waals surface area contributed by atoms with E-state index in [1.54, 1.807) is 24.0 Å². The van der Waals surface area contributed by atoms with E-state index in [-0.39, 0.29) is 24.9 Å². The highest BCUT2D eigenvalue weighted by Gasteiger charge is 2.34. The second kappa shape index (κ2) is 6.29. The normalized spacial score (nSPS) is 19.8. The Labute approximate surface area is 143 Å². The van der Waals surface area contributed by atoms with Crippen LogP contribution in [0.5, 0.6) is 5.75 Å². The molecule has 130 valence electrons. The molecule has 2 aliphatic rings. The van der Waals surface area contributed by atoms with Crippen molar-refractivity contribution in [2.75, 3.05) is 26.4 Å². The Morgan fingerprint density at radius 2 is 2.24 bits per heavy atom. The van der Waals surface area contributed by atoms with E-state index in [4.69, 9.17) is 13.9 Å². The third-order valence-corrected chi connectivity index (χ3v) is 4.18. The van der Waals surface area contributed by atoms with E-state index in [1.807, 2.05) is 0 Å². The van der Waals surface area contributed by atoms with Crippen molar-refractivity contribution in [2.24, 2.45) is 0 Å². The number of nitrogens with zero attached hydrogens (tertiary/aromatic N) is 3. The minimum Gasteiger partial charge on any atom is -0.488 e. The van der Waals surface area contributed by atoms with E-state index in [0.29, 0.717) is 41.8 Å². The predicted molar refractivity (Wildman–Crippen MR) is 84.2 cm³/mol. The first-order valence-corrected chi connectivity index (χ1v) is 7.93. The zero-order chi connectivity index (χ0) is 17.4. The van der Waals surface area contributed by atoms with Gasteiger partial charge in [0.15, 0.2) is 0 Å². The van der Waals surface area contributed by atoms with Gasteiger partial charge in [0.25, 0.3) is 5.91 Å². The molecule has 0 radical (unpaired) electrons. The number of rotatable bonds is 2. The summed E-state index contributed by atoms with van der Waals surface area (Å²) in [6, 6.07) is 3.79. The number of ether oxygens (including phenoxy) is 2. The van der Waals surface area contributed by atoms with Crippen LogP contribution in [0.1, 0.15) is 23.4 Å². The van der Waals surface area contributed by atoms with Crippen molar-refractivity contribution in [3.05, 3.63) is 46.9 Å². The highest BCUT2D eigenvalue weighted by atomic mass is 19.1. The summed E-state index contributed by atoms with van der Waals surface area (Å²) in [6.45, 7) is 2.93. The molecule has 1 saturated heterocycles. The fourth-order valence-electron chi connectivity index (χ4n) is 2.95. The average molecular weight is 345 g/mol. The Balaban J connectivity index is 1.62. The van der Waals surface area contributed by atoms with Gasteiger partial charge in [-0.1, -0.05) is 0 Å². The van der Waals surface area contributed by atoms with Gasteiger partial charge < -0.3 is 18.8 Å². The molecule has 2 aromatic rings. The lowest BCUT2D eigenvalue weighted by molar-refractivity contribution is -0.137. The molecule has 0 saturated carbocycles. The molecular formula is C17H16FN3O4. The summed E-state index contributed by atoms with van der Waals surface area (Å²) in [5, 5.41) is 7.82. The Hall–Kier alpha value is -2.74. The van der Waals surface area contributed by atoms with Crippen LogP contribution in [-0.2, 0) is 9.53 Å². The average Bonchev–Trinajstić information content (AvgIpc) is 3.06. The van der Waals surface area contributed by atoms with E-state index in [1.165, 1.54) is 12.1 Å². The molecular weight excluding hydrogens is 329 g/mol. The van der Waals surface area contributed by atoms with Gasteiger partial charge in [-0.2, -0.15) is 0 Å². The van der Waals surface area contributed by atoms with Crippen LogP contribution in [0.4, 0.5) is 4.39 Å². The fraction of sp³-hybridized carbons (Fsp3) is 0.353. The molecule has 1 amide bonds.